The number of aromatic nitrogens is 2. The second-order valence-electron chi connectivity index (χ2n) is 3.88. The molecule has 0 aliphatic carbocycles. The van der Waals surface area contributed by atoms with Gasteiger partial charge in [0.05, 0.1) is 11.8 Å². The zero-order valence-electron chi connectivity index (χ0n) is 9.77. The van der Waals surface area contributed by atoms with Gasteiger partial charge < -0.3 is 0 Å². The molecule has 17 heavy (non-hydrogen) atoms. The monoisotopic (exact) mass is 232 g/mol. The largest absolute Gasteiger partial charge is 0.288 e. The van der Waals surface area contributed by atoms with Gasteiger partial charge in [0.2, 0.25) is 0 Å². The van der Waals surface area contributed by atoms with Gasteiger partial charge in [0.1, 0.15) is 5.82 Å². The van der Waals surface area contributed by atoms with Gasteiger partial charge in [-0.15, -0.1) is 0 Å². The summed E-state index contributed by atoms with van der Waals surface area (Å²) in [4.78, 5) is 12.1. The molecule has 0 saturated heterocycles. The van der Waals surface area contributed by atoms with Crippen molar-refractivity contribution in [3.63, 3.8) is 0 Å². The van der Waals surface area contributed by atoms with Crippen LogP contribution in [0.15, 0.2) is 30.6 Å². The Balaban J connectivity index is 2.33. The maximum atomic E-state index is 13.1. The van der Waals surface area contributed by atoms with E-state index in [4.69, 9.17) is 0 Å². The average Bonchev–Trinajstić information content (AvgIpc) is 2.80. The summed E-state index contributed by atoms with van der Waals surface area (Å²) in [5.41, 5.74) is 1.48. The minimum absolute atomic E-state index is 0.132. The number of hydrogen-bond acceptors (Lipinski definition) is 2. The van der Waals surface area contributed by atoms with Gasteiger partial charge in [0.15, 0.2) is 5.78 Å². The molecule has 0 aliphatic rings. The Bertz CT molecular complexity index is 560. The lowest BCUT2D eigenvalue weighted by Gasteiger charge is -2.00. The van der Waals surface area contributed by atoms with Crippen molar-refractivity contribution in [2.45, 2.75) is 20.4 Å². The fourth-order valence-corrected chi connectivity index (χ4v) is 1.61. The molecule has 0 spiro atoms. The standard InChI is InChI=1S/C13H13FN2O/c1-3-16-8-11(7-15-16)13(17)10-4-5-12(14)9(2)6-10/h4-8H,3H2,1-2H3. The van der Waals surface area contributed by atoms with E-state index in [0.717, 1.165) is 6.54 Å². The predicted octanol–water partition coefficient (Wildman–Crippen LogP) is 2.58. The summed E-state index contributed by atoms with van der Waals surface area (Å²) >= 11 is 0. The van der Waals surface area contributed by atoms with Gasteiger partial charge in [0.25, 0.3) is 0 Å². The Hall–Kier alpha value is -1.97. The lowest BCUT2D eigenvalue weighted by molar-refractivity contribution is 0.103. The molecule has 4 heteroatoms. The van der Waals surface area contributed by atoms with Crippen molar-refractivity contribution in [1.29, 1.82) is 0 Å². The number of hydrogen-bond donors (Lipinski definition) is 0. The Labute approximate surface area is 98.9 Å². The Morgan fingerprint density at radius 1 is 1.41 bits per heavy atom. The number of halogens is 1. The quantitative estimate of drug-likeness (QED) is 0.762. The van der Waals surface area contributed by atoms with Crippen LogP contribution in [0, 0.1) is 12.7 Å². The van der Waals surface area contributed by atoms with Gasteiger partial charge in [-0.1, -0.05) is 0 Å². The minimum atomic E-state index is -0.300. The maximum Gasteiger partial charge on any atom is 0.196 e. The highest BCUT2D eigenvalue weighted by molar-refractivity contribution is 6.08. The van der Waals surface area contributed by atoms with Crippen molar-refractivity contribution >= 4 is 5.78 Å². The van der Waals surface area contributed by atoms with E-state index < -0.39 is 0 Å². The number of aryl methyl sites for hydroxylation is 2. The molecule has 2 aromatic rings. The van der Waals surface area contributed by atoms with Gasteiger partial charge >= 0.3 is 0 Å². The van der Waals surface area contributed by atoms with Crippen molar-refractivity contribution in [2.75, 3.05) is 0 Å². The molecule has 2 rings (SSSR count). The molecule has 0 N–H and O–H groups in total. The number of ketones is 1. The molecule has 0 atom stereocenters. The minimum Gasteiger partial charge on any atom is -0.288 e. The molecule has 0 unspecified atom stereocenters. The van der Waals surface area contributed by atoms with E-state index in [1.54, 1.807) is 23.9 Å². The lowest BCUT2D eigenvalue weighted by Crippen LogP contribution is -2.01. The highest BCUT2D eigenvalue weighted by Gasteiger charge is 2.12. The first-order valence-corrected chi connectivity index (χ1v) is 5.45. The zero-order chi connectivity index (χ0) is 12.4. The Morgan fingerprint density at radius 3 is 2.76 bits per heavy atom. The van der Waals surface area contributed by atoms with Crippen molar-refractivity contribution in [2.24, 2.45) is 0 Å². The summed E-state index contributed by atoms with van der Waals surface area (Å²) in [6.45, 7) is 4.31. The first kappa shape index (κ1) is 11.5. The van der Waals surface area contributed by atoms with Gasteiger partial charge in [-0.05, 0) is 37.6 Å². The van der Waals surface area contributed by atoms with E-state index in [9.17, 15) is 9.18 Å². The highest BCUT2D eigenvalue weighted by atomic mass is 19.1. The van der Waals surface area contributed by atoms with Crippen LogP contribution in [0.1, 0.15) is 28.4 Å². The molecule has 0 fully saturated rings. The molecule has 0 radical (unpaired) electrons. The van der Waals surface area contributed by atoms with Crippen molar-refractivity contribution in [3.05, 3.63) is 53.1 Å². The number of benzene rings is 1. The van der Waals surface area contributed by atoms with E-state index in [1.165, 1.54) is 18.3 Å². The van der Waals surface area contributed by atoms with Gasteiger partial charge in [-0.3, -0.25) is 9.48 Å². The van der Waals surface area contributed by atoms with E-state index in [2.05, 4.69) is 5.10 Å². The first-order chi connectivity index (χ1) is 8.11. The molecular weight excluding hydrogens is 219 g/mol. The summed E-state index contributed by atoms with van der Waals surface area (Å²) in [7, 11) is 0. The van der Waals surface area contributed by atoms with Crippen LogP contribution >= 0.6 is 0 Å². The molecule has 0 aliphatic heterocycles. The second-order valence-corrected chi connectivity index (χ2v) is 3.88. The third kappa shape index (κ3) is 2.25. The van der Waals surface area contributed by atoms with E-state index >= 15 is 0 Å². The van der Waals surface area contributed by atoms with Gasteiger partial charge in [-0.2, -0.15) is 5.10 Å². The number of nitrogens with zero attached hydrogens (tertiary/aromatic N) is 2. The molecule has 0 bridgehead atoms. The van der Waals surface area contributed by atoms with Gasteiger partial charge in [-0.25, -0.2) is 4.39 Å². The summed E-state index contributed by atoms with van der Waals surface area (Å²) in [5, 5.41) is 4.04. The fraction of sp³-hybridized carbons (Fsp3) is 0.231. The van der Waals surface area contributed by atoms with Crippen molar-refractivity contribution in [3.8, 4) is 0 Å². The van der Waals surface area contributed by atoms with Crippen LogP contribution in [0.2, 0.25) is 0 Å². The summed E-state index contributed by atoms with van der Waals surface area (Å²) < 4.78 is 14.8. The Kier molecular flexibility index (Phi) is 3.04. The van der Waals surface area contributed by atoms with Crippen molar-refractivity contribution < 1.29 is 9.18 Å². The number of rotatable bonds is 3. The predicted molar refractivity (Wildman–Crippen MR) is 62.5 cm³/mol. The molecule has 88 valence electrons. The first-order valence-electron chi connectivity index (χ1n) is 5.45. The van der Waals surface area contributed by atoms with Crippen LogP contribution in [-0.4, -0.2) is 15.6 Å². The molecule has 3 nitrogen and oxygen atoms in total. The Morgan fingerprint density at radius 2 is 2.18 bits per heavy atom. The van der Waals surface area contributed by atoms with E-state index in [0.29, 0.717) is 16.7 Å². The van der Waals surface area contributed by atoms with Gasteiger partial charge in [0, 0.05) is 18.3 Å². The topological polar surface area (TPSA) is 34.9 Å². The number of carbonyl (C=O) groups is 1. The molecule has 0 amide bonds. The maximum absolute atomic E-state index is 13.1. The molecule has 1 aromatic heterocycles. The average molecular weight is 232 g/mol. The van der Waals surface area contributed by atoms with E-state index in [-0.39, 0.29) is 11.6 Å². The van der Waals surface area contributed by atoms with Crippen LogP contribution < -0.4 is 0 Å². The SMILES string of the molecule is CCn1cc(C(=O)c2ccc(F)c(C)c2)cn1. The summed E-state index contributed by atoms with van der Waals surface area (Å²) in [6.07, 6.45) is 3.23. The van der Waals surface area contributed by atoms with E-state index in [1.807, 2.05) is 6.92 Å². The third-order valence-electron chi connectivity index (χ3n) is 2.64. The summed E-state index contributed by atoms with van der Waals surface area (Å²) in [6, 6.07) is 4.36. The highest BCUT2D eigenvalue weighted by Crippen LogP contribution is 2.13. The molecular formula is C13H13FN2O. The number of carbonyl (C=O) groups excluding carboxylic acids is 1. The summed E-state index contributed by atoms with van der Waals surface area (Å²) in [5.74, 6) is -0.432. The van der Waals surface area contributed by atoms with Crippen molar-refractivity contribution in [1.82, 2.24) is 9.78 Å². The molecule has 0 saturated carbocycles. The normalized spacial score (nSPS) is 10.5. The smallest absolute Gasteiger partial charge is 0.196 e. The van der Waals surface area contributed by atoms with Crippen LogP contribution in [0.5, 0.6) is 0 Å². The zero-order valence-corrected chi connectivity index (χ0v) is 9.77. The van der Waals surface area contributed by atoms with Crippen LogP contribution in [-0.2, 0) is 6.54 Å². The lowest BCUT2D eigenvalue weighted by atomic mass is 10.0. The fourth-order valence-electron chi connectivity index (χ4n) is 1.61. The van der Waals surface area contributed by atoms with Crippen LogP contribution in [0.25, 0.3) is 0 Å². The molecule has 1 aromatic carbocycles. The molecule has 1 heterocycles. The third-order valence-corrected chi connectivity index (χ3v) is 2.64. The van der Waals surface area contributed by atoms with Crippen LogP contribution in [0.4, 0.5) is 4.39 Å². The van der Waals surface area contributed by atoms with Crippen LogP contribution in [0.3, 0.4) is 0 Å². The second kappa shape index (κ2) is 4.49.